The van der Waals surface area contributed by atoms with Crippen LogP contribution in [-0.4, -0.2) is 28.9 Å². The number of hydrogen-bond donors (Lipinski definition) is 1. The van der Waals surface area contributed by atoms with Crippen molar-refractivity contribution in [2.45, 2.75) is 52.5 Å². The van der Waals surface area contributed by atoms with Gasteiger partial charge in [-0.1, -0.05) is 31.5 Å². The van der Waals surface area contributed by atoms with E-state index in [1.165, 1.54) is 11.3 Å². The summed E-state index contributed by atoms with van der Waals surface area (Å²) >= 11 is 0. The predicted octanol–water partition coefficient (Wildman–Crippen LogP) is 3.74. The molecule has 2 aliphatic rings. The van der Waals surface area contributed by atoms with Gasteiger partial charge in [-0.3, -0.25) is 4.79 Å². The molecule has 0 unspecified atom stereocenters. The first kappa shape index (κ1) is 18.2. The Morgan fingerprint density at radius 2 is 1.93 bits per heavy atom. The smallest absolute Gasteiger partial charge is 0.223 e. The zero-order valence-electron chi connectivity index (χ0n) is 16.5. The second kappa shape index (κ2) is 7.12. The number of benzene rings is 1. The Bertz CT molecular complexity index is 817. The number of amides is 1. The molecule has 2 aromatic rings. The molecule has 0 bridgehead atoms. The van der Waals surface area contributed by atoms with Crippen LogP contribution < -0.4 is 5.32 Å². The molecule has 1 aliphatic heterocycles. The molecule has 1 aromatic carbocycles. The molecule has 1 aliphatic carbocycles. The Hall–Kier alpha value is -2.14. The predicted molar refractivity (Wildman–Crippen MR) is 105 cm³/mol. The molecule has 1 fully saturated rings. The maximum absolute atomic E-state index is 12.8. The van der Waals surface area contributed by atoms with Gasteiger partial charge < -0.3 is 10.1 Å². The molecular formula is C22H29N3O2. The number of nitrogens with zero attached hydrogens (tertiary/aromatic N) is 2. The number of fused-ring (bicyclic) bond motifs is 1. The summed E-state index contributed by atoms with van der Waals surface area (Å²) in [5.74, 6) is 0.231. The van der Waals surface area contributed by atoms with Gasteiger partial charge in [0.2, 0.25) is 5.91 Å². The van der Waals surface area contributed by atoms with Gasteiger partial charge in [0, 0.05) is 24.7 Å². The van der Waals surface area contributed by atoms with Gasteiger partial charge >= 0.3 is 0 Å². The second-order valence-corrected chi connectivity index (χ2v) is 8.79. The van der Waals surface area contributed by atoms with E-state index in [2.05, 4.69) is 55.5 Å². The zero-order valence-corrected chi connectivity index (χ0v) is 16.5. The first-order chi connectivity index (χ1) is 12.9. The van der Waals surface area contributed by atoms with Gasteiger partial charge in [0.05, 0.1) is 23.6 Å². The van der Waals surface area contributed by atoms with E-state index in [4.69, 9.17) is 4.74 Å². The van der Waals surface area contributed by atoms with Crippen LogP contribution in [0.3, 0.4) is 0 Å². The summed E-state index contributed by atoms with van der Waals surface area (Å²) in [6, 6.07) is 8.47. The third kappa shape index (κ3) is 3.79. The van der Waals surface area contributed by atoms with Crippen LogP contribution in [0.15, 0.2) is 30.5 Å². The Balaban J connectivity index is 1.62. The van der Waals surface area contributed by atoms with Crippen molar-refractivity contribution in [3.8, 4) is 5.69 Å². The Kier molecular flexibility index (Phi) is 4.81. The summed E-state index contributed by atoms with van der Waals surface area (Å²) in [6.07, 6.45) is 5.47. The number of aromatic nitrogens is 2. The van der Waals surface area contributed by atoms with Crippen LogP contribution >= 0.6 is 0 Å². The minimum Gasteiger partial charge on any atom is -0.381 e. The highest BCUT2D eigenvalue weighted by molar-refractivity contribution is 5.79. The monoisotopic (exact) mass is 367 g/mol. The molecule has 27 heavy (non-hydrogen) atoms. The molecule has 1 saturated heterocycles. The third-order valence-electron chi connectivity index (χ3n) is 5.87. The molecule has 0 saturated carbocycles. The van der Waals surface area contributed by atoms with E-state index in [-0.39, 0.29) is 23.3 Å². The van der Waals surface area contributed by atoms with Crippen molar-refractivity contribution in [1.29, 1.82) is 0 Å². The number of aryl methyl sites for hydroxylation is 1. The fraction of sp³-hybridized carbons (Fsp3) is 0.545. The SMILES string of the molecule is Cc1ccc(-n2ncc3c2CC(C)(C)C[C@@H]3NC(=O)C2CCOCC2)cc1. The first-order valence-corrected chi connectivity index (χ1v) is 9.95. The van der Waals surface area contributed by atoms with E-state index in [1.807, 2.05) is 10.9 Å². The molecule has 1 aromatic heterocycles. The van der Waals surface area contributed by atoms with Crippen LogP contribution in [0.1, 0.15) is 56.0 Å². The van der Waals surface area contributed by atoms with E-state index in [0.717, 1.165) is 36.9 Å². The van der Waals surface area contributed by atoms with E-state index in [1.54, 1.807) is 0 Å². The topological polar surface area (TPSA) is 56.2 Å². The van der Waals surface area contributed by atoms with Crippen LogP contribution in [0.25, 0.3) is 5.69 Å². The summed E-state index contributed by atoms with van der Waals surface area (Å²) in [4.78, 5) is 12.8. The lowest BCUT2D eigenvalue weighted by Gasteiger charge is -2.36. The quantitative estimate of drug-likeness (QED) is 0.899. The Labute approximate surface area is 161 Å². The largest absolute Gasteiger partial charge is 0.381 e. The average Bonchev–Trinajstić information content (AvgIpc) is 3.05. The molecule has 1 atom stereocenters. The van der Waals surface area contributed by atoms with E-state index in [9.17, 15) is 4.79 Å². The summed E-state index contributed by atoms with van der Waals surface area (Å²) in [5.41, 5.74) is 4.81. The highest BCUT2D eigenvalue weighted by Crippen LogP contribution is 2.41. The lowest BCUT2D eigenvalue weighted by molar-refractivity contribution is -0.128. The second-order valence-electron chi connectivity index (χ2n) is 8.79. The number of ether oxygens (including phenoxy) is 1. The molecule has 5 nitrogen and oxygen atoms in total. The number of hydrogen-bond acceptors (Lipinski definition) is 3. The summed E-state index contributed by atoms with van der Waals surface area (Å²) in [7, 11) is 0. The minimum atomic E-state index is 0.0262. The number of carbonyl (C=O) groups excluding carboxylic acids is 1. The van der Waals surface area contributed by atoms with Gasteiger partial charge in [-0.2, -0.15) is 5.10 Å². The van der Waals surface area contributed by atoms with Crippen molar-refractivity contribution in [1.82, 2.24) is 15.1 Å². The lowest BCUT2D eigenvalue weighted by atomic mass is 9.74. The normalized spacial score (nSPS) is 22.3. The highest BCUT2D eigenvalue weighted by Gasteiger charge is 2.37. The van der Waals surface area contributed by atoms with Gasteiger partial charge in [0.25, 0.3) is 0 Å². The van der Waals surface area contributed by atoms with Crippen molar-refractivity contribution in [2.75, 3.05) is 13.2 Å². The van der Waals surface area contributed by atoms with Gasteiger partial charge in [0.15, 0.2) is 0 Å². The third-order valence-corrected chi connectivity index (χ3v) is 5.87. The average molecular weight is 367 g/mol. The van der Waals surface area contributed by atoms with Crippen LogP contribution in [0.4, 0.5) is 0 Å². The number of carbonyl (C=O) groups is 1. The van der Waals surface area contributed by atoms with Crippen molar-refractivity contribution in [3.05, 3.63) is 47.3 Å². The Morgan fingerprint density at radius 1 is 1.22 bits per heavy atom. The molecule has 1 N–H and O–H groups in total. The summed E-state index contributed by atoms with van der Waals surface area (Å²) < 4.78 is 7.44. The van der Waals surface area contributed by atoms with Crippen molar-refractivity contribution in [3.63, 3.8) is 0 Å². The molecule has 1 amide bonds. The molecule has 5 heteroatoms. The molecule has 144 valence electrons. The summed E-state index contributed by atoms with van der Waals surface area (Å²) in [5, 5.41) is 8.01. The van der Waals surface area contributed by atoms with Crippen LogP contribution in [-0.2, 0) is 16.0 Å². The summed E-state index contributed by atoms with van der Waals surface area (Å²) in [6.45, 7) is 8.01. The maximum Gasteiger partial charge on any atom is 0.223 e. The number of rotatable bonds is 3. The molecule has 0 radical (unpaired) electrons. The van der Waals surface area contributed by atoms with E-state index < -0.39 is 0 Å². The first-order valence-electron chi connectivity index (χ1n) is 9.95. The Morgan fingerprint density at radius 3 is 2.63 bits per heavy atom. The standard InChI is InChI=1S/C22H29N3O2/c1-15-4-6-17(7-5-15)25-20-13-22(2,3)12-19(18(20)14-23-25)24-21(26)16-8-10-27-11-9-16/h4-7,14,16,19H,8-13H2,1-3H3,(H,24,26)/t19-/m0/s1. The van der Waals surface area contributed by atoms with Gasteiger partial charge in [-0.05, 0) is 50.2 Å². The van der Waals surface area contributed by atoms with Crippen molar-refractivity contribution >= 4 is 5.91 Å². The molecule has 4 rings (SSSR count). The van der Waals surface area contributed by atoms with E-state index in [0.29, 0.717) is 13.2 Å². The fourth-order valence-corrected chi connectivity index (χ4v) is 4.33. The van der Waals surface area contributed by atoms with Gasteiger partial charge in [-0.25, -0.2) is 4.68 Å². The van der Waals surface area contributed by atoms with Crippen molar-refractivity contribution in [2.24, 2.45) is 11.3 Å². The van der Waals surface area contributed by atoms with Gasteiger partial charge in [0.1, 0.15) is 0 Å². The fourth-order valence-electron chi connectivity index (χ4n) is 4.33. The highest BCUT2D eigenvalue weighted by atomic mass is 16.5. The maximum atomic E-state index is 12.8. The van der Waals surface area contributed by atoms with Crippen LogP contribution in [0.5, 0.6) is 0 Å². The molecular weight excluding hydrogens is 338 g/mol. The molecule has 2 heterocycles. The number of nitrogens with one attached hydrogen (secondary N) is 1. The van der Waals surface area contributed by atoms with Crippen molar-refractivity contribution < 1.29 is 9.53 Å². The van der Waals surface area contributed by atoms with E-state index >= 15 is 0 Å². The van der Waals surface area contributed by atoms with Gasteiger partial charge in [-0.15, -0.1) is 0 Å². The zero-order chi connectivity index (χ0) is 19.0. The molecule has 0 spiro atoms. The lowest BCUT2D eigenvalue weighted by Crippen LogP contribution is -2.40. The minimum absolute atomic E-state index is 0.0262. The van der Waals surface area contributed by atoms with Crippen LogP contribution in [0.2, 0.25) is 0 Å². The van der Waals surface area contributed by atoms with Crippen LogP contribution in [0, 0.1) is 18.3 Å².